The van der Waals surface area contributed by atoms with Gasteiger partial charge in [0.25, 0.3) is 0 Å². The summed E-state index contributed by atoms with van der Waals surface area (Å²) >= 11 is 0. The van der Waals surface area contributed by atoms with Crippen LogP contribution in [0.1, 0.15) is 0 Å². The minimum Gasteiger partial charge on any atom is -0.497 e. The SMILES string of the molecule is COc1ccc(OS(=O)(=O)c2ccccc2)cc1.NC(CO)(CO)CO.S. The predicted octanol–water partition coefficient (Wildman–Crippen LogP) is 0.236. The monoisotopic (exact) mass is 419 g/mol. The van der Waals surface area contributed by atoms with Gasteiger partial charge in [0.15, 0.2) is 0 Å². The molecule has 27 heavy (non-hydrogen) atoms. The first-order valence-corrected chi connectivity index (χ1v) is 8.96. The number of hydrogen-bond donors (Lipinski definition) is 4. The predicted molar refractivity (Wildman–Crippen MR) is 106 cm³/mol. The van der Waals surface area contributed by atoms with Crippen molar-refractivity contribution in [1.29, 1.82) is 0 Å². The number of benzene rings is 2. The summed E-state index contributed by atoms with van der Waals surface area (Å²) in [6.07, 6.45) is 0. The maximum absolute atomic E-state index is 11.9. The van der Waals surface area contributed by atoms with Crippen LogP contribution in [-0.2, 0) is 10.1 Å². The number of nitrogens with two attached hydrogens (primary N) is 1. The van der Waals surface area contributed by atoms with Gasteiger partial charge in [-0.25, -0.2) is 0 Å². The minimum atomic E-state index is -3.77. The highest BCUT2D eigenvalue weighted by Crippen LogP contribution is 2.21. The number of aliphatic hydroxyl groups is 3. The van der Waals surface area contributed by atoms with Gasteiger partial charge in [0, 0.05) is 0 Å². The van der Waals surface area contributed by atoms with Crippen LogP contribution in [0.5, 0.6) is 11.5 Å². The molecule has 0 bridgehead atoms. The summed E-state index contributed by atoms with van der Waals surface area (Å²) in [5.74, 6) is 0.888. The summed E-state index contributed by atoms with van der Waals surface area (Å²) < 4.78 is 33.8. The van der Waals surface area contributed by atoms with E-state index in [4.69, 9.17) is 30.0 Å². The van der Waals surface area contributed by atoms with Crippen molar-refractivity contribution in [3.8, 4) is 11.5 Å². The lowest BCUT2D eigenvalue weighted by Crippen LogP contribution is -2.50. The standard InChI is InChI=1S/C13H12O4S.C4H11NO3.H2S/c1-16-11-7-9-12(10-8-11)17-18(14,15)13-5-3-2-4-6-13;5-4(1-6,2-7)3-8;/h2-10H,1H3;6-8H,1-3,5H2;1H2. The Morgan fingerprint density at radius 2 is 1.33 bits per heavy atom. The lowest BCUT2D eigenvalue weighted by molar-refractivity contribution is 0.0697. The summed E-state index contributed by atoms with van der Waals surface area (Å²) in [5.41, 5.74) is 3.94. The number of methoxy groups -OCH3 is 1. The van der Waals surface area contributed by atoms with Crippen molar-refractivity contribution in [2.45, 2.75) is 10.4 Å². The summed E-state index contributed by atoms with van der Waals surface area (Å²) in [5, 5.41) is 25.0. The molecular formula is C17H25NO7S2. The van der Waals surface area contributed by atoms with Crippen LogP contribution in [-0.4, -0.2) is 56.2 Å². The van der Waals surface area contributed by atoms with Crippen molar-refractivity contribution >= 4 is 23.6 Å². The minimum absolute atomic E-state index is 0. The van der Waals surface area contributed by atoms with Gasteiger partial charge in [-0.2, -0.15) is 21.9 Å². The highest BCUT2D eigenvalue weighted by atomic mass is 32.2. The first-order valence-electron chi connectivity index (χ1n) is 7.55. The smallest absolute Gasteiger partial charge is 0.339 e. The second-order valence-electron chi connectivity index (χ2n) is 5.36. The normalized spacial score (nSPS) is 10.9. The van der Waals surface area contributed by atoms with E-state index in [1.54, 1.807) is 42.5 Å². The van der Waals surface area contributed by atoms with Gasteiger partial charge in [-0.15, -0.1) is 0 Å². The second kappa shape index (κ2) is 11.8. The Bertz CT molecular complexity index is 740. The molecule has 0 saturated heterocycles. The summed E-state index contributed by atoms with van der Waals surface area (Å²) in [6, 6.07) is 14.4. The highest BCUT2D eigenvalue weighted by Gasteiger charge is 2.20. The van der Waals surface area contributed by atoms with Gasteiger partial charge >= 0.3 is 10.1 Å². The van der Waals surface area contributed by atoms with Crippen LogP contribution in [0.4, 0.5) is 0 Å². The Hall–Kier alpha value is -1.82. The molecule has 0 saturated carbocycles. The molecule has 0 unspecified atom stereocenters. The van der Waals surface area contributed by atoms with Crippen LogP contribution in [0.2, 0.25) is 0 Å². The number of ether oxygens (including phenoxy) is 1. The average Bonchev–Trinajstić information content (AvgIpc) is 2.69. The van der Waals surface area contributed by atoms with Gasteiger partial charge in [-0.3, -0.25) is 0 Å². The molecule has 0 aromatic heterocycles. The molecule has 0 spiro atoms. The van der Waals surface area contributed by atoms with Crippen molar-refractivity contribution in [3.05, 3.63) is 54.6 Å². The van der Waals surface area contributed by atoms with Gasteiger partial charge < -0.3 is 30.0 Å². The zero-order valence-corrected chi connectivity index (χ0v) is 16.6. The van der Waals surface area contributed by atoms with Crippen LogP contribution < -0.4 is 14.7 Å². The molecule has 2 aromatic carbocycles. The number of rotatable bonds is 7. The molecule has 0 aliphatic carbocycles. The Kier molecular flexibility index (Phi) is 11.0. The van der Waals surface area contributed by atoms with E-state index in [1.165, 1.54) is 19.2 Å². The topological polar surface area (TPSA) is 139 Å². The van der Waals surface area contributed by atoms with Crippen molar-refractivity contribution in [2.24, 2.45) is 5.73 Å². The summed E-state index contributed by atoms with van der Waals surface area (Å²) in [6.45, 7) is -1.21. The van der Waals surface area contributed by atoms with Crippen molar-refractivity contribution < 1.29 is 32.7 Å². The maximum Gasteiger partial charge on any atom is 0.339 e. The fourth-order valence-corrected chi connectivity index (χ4v) is 2.49. The Morgan fingerprint density at radius 3 is 1.70 bits per heavy atom. The van der Waals surface area contributed by atoms with Gasteiger partial charge in [-0.05, 0) is 36.4 Å². The molecule has 0 amide bonds. The summed E-state index contributed by atoms with van der Waals surface area (Å²) in [7, 11) is -2.24. The lowest BCUT2D eigenvalue weighted by atomic mass is 10.1. The summed E-state index contributed by atoms with van der Waals surface area (Å²) in [4.78, 5) is 0.126. The van der Waals surface area contributed by atoms with Gasteiger partial charge in [0.1, 0.15) is 16.4 Å². The molecule has 2 aromatic rings. The van der Waals surface area contributed by atoms with Crippen molar-refractivity contribution in [3.63, 3.8) is 0 Å². The number of hydrogen-bond acceptors (Lipinski definition) is 8. The average molecular weight is 420 g/mol. The van der Waals surface area contributed by atoms with Crippen LogP contribution in [0.25, 0.3) is 0 Å². The fraction of sp³-hybridized carbons (Fsp3) is 0.294. The molecular weight excluding hydrogens is 394 g/mol. The van der Waals surface area contributed by atoms with Gasteiger partial charge in [0.05, 0.1) is 32.5 Å². The van der Waals surface area contributed by atoms with E-state index in [2.05, 4.69) is 0 Å². The third-order valence-corrected chi connectivity index (χ3v) is 4.50. The van der Waals surface area contributed by atoms with Crippen LogP contribution in [0, 0.1) is 0 Å². The highest BCUT2D eigenvalue weighted by molar-refractivity contribution is 7.87. The molecule has 0 aliphatic heterocycles. The number of aliphatic hydroxyl groups excluding tert-OH is 3. The third-order valence-electron chi connectivity index (χ3n) is 3.24. The van der Waals surface area contributed by atoms with E-state index in [9.17, 15) is 8.42 Å². The van der Waals surface area contributed by atoms with Crippen LogP contribution >= 0.6 is 13.5 Å². The molecule has 152 valence electrons. The van der Waals surface area contributed by atoms with E-state index in [1.807, 2.05) is 0 Å². The largest absolute Gasteiger partial charge is 0.497 e. The Morgan fingerprint density at radius 1 is 0.889 bits per heavy atom. The lowest BCUT2D eigenvalue weighted by Gasteiger charge is -2.20. The van der Waals surface area contributed by atoms with E-state index < -0.39 is 35.5 Å². The zero-order valence-electron chi connectivity index (χ0n) is 14.8. The van der Waals surface area contributed by atoms with E-state index in [0.717, 1.165) is 0 Å². The van der Waals surface area contributed by atoms with E-state index in [-0.39, 0.29) is 24.1 Å². The fourth-order valence-electron chi connectivity index (χ4n) is 1.54. The van der Waals surface area contributed by atoms with Crippen LogP contribution in [0.3, 0.4) is 0 Å². The van der Waals surface area contributed by atoms with Crippen molar-refractivity contribution in [2.75, 3.05) is 26.9 Å². The van der Waals surface area contributed by atoms with Crippen LogP contribution in [0.15, 0.2) is 59.5 Å². The molecule has 0 fully saturated rings. The zero-order chi connectivity index (χ0) is 19.6. The quantitative estimate of drug-likeness (QED) is 0.468. The van der Waals surface area contributed by atoms with E-state index in [0.29, 0.717) is 5.75 Å². The van der Waals surface area contributed by atoms with Crippen molar-refractivity contribution in [1.82, 2.24) is 0 Å². The first kappa shape index (κ1) is 25.2. The second-order valence-corrected chi connectivity index (χ2v) is 6.91. The van der Waals surface area contributed by atoms with Gasteiger partial charge in [0.2, 0.25) is 0 Å². The molecule has 10 heteroatoms. The molecule has 0 atom stereocenters. The molecule has 5 N–H and O–H groups in total. The Labute approximate surface area is 165 Å². The third kappa shape index (κ3) is 8.16. The first-order chi connectivity index (χ1) is 12.3. The van der Waals surface area contributed by atoms with E-state index >= 15 is 0 Å². The Balaban J connectivity index is 0.000000645. The molecule has 0 radical (unpaired) electrons. The maximum atomic E-state index is 11.9. The van der Waals surface area contributed by atoms with Gasteiger partial charge in [-0.1, -0.05) is 18.2 Å². The molecule has 8 nitrogen and oxygen atoms in total. The molecule has 2 rings (SSSR count). The molecule has 0 aliphatic rings. The molecule has 0 heterocycles.